The van der Waals surface area contributed by atoms with Gasteiger partial charge in [-0.05, 0) is 29.0 Å². The van der Waals surface area contributed by atoms with E-state index in [9.17, 15) is 4.79 Å². The van der Waals surface area contributed by atoms with Gasteiger partial charge in [0.15, 0.2) is 0 Å². The average molecular weight is 341 g/mol. The van der Waals surface area contributed by atoms with Crippen LogP contribution in [0.1, 0.15) is 27.9 Å². The normalized spacial score (nSPS) is 20.7. The van der Waals surface area contributed by atoms with Crippen molar-refractivity contribution >= 4 is 16.7 Å². The molecule has 1 atom stereocenters. The van der Waals surface area contributed by atoms with Gasteiger partial charge in [-0.15, -0.1) is 0 Å². The summed E-state index contributed by atoms with van der Waals surface area (Å²) < 4.78 is 16.3. The van der Waals surface area contributed by atoms with Crippen LogP contribution in [-0.2, 0) is 27.4 Å². The average Bonchev–Trinajstić information content (AvgIpc) is 2.65. The molecule has 0 spiro atoms. The van der Waals surface area contributed by atoms with Crippen molar-refractivity contribution in [1.29, 1.82) is 0 Å². The number of hydrogen-bond donors (Lipinski definition) is 0. The second-order valence-corrected chi connectivity index (χ2v) is 6.70. The first-order chi connectivity index (χ1) is 12.3. The molecule has 0 aliphatic carbocycles. The summed E-state index contributed by atoms with van der Waals surface area (Å²) in [5.41, 5.74) is 3.03. The molecule has 1 fully saturated rings. The molecule has 2 aromatic carbocycles. The minimum atomic E-state index is -0.221. The van der Waals surface area contributed by atoms with E-state index in [0.717, 1.165) is 55.6 Å². The Morgan fingerprint density at radius 3 is 3.08 bits per heavy atom. The van der Waals surface area contributed by atoms with E-state index in [4.69, 9.17) is 14.2 Å². The maximum Gasteiger partial charge on any atom is 0.339 e. The number of methoxy groups -OCH3 is 1. The molecule has 4 rings (SSSR count). The highest BCUT2D eigenvalue weighted by molar-refractivity contribution is 6.08. The lowest BCUT2D eigenvalue weighted by molar-refractivity contribution is -0.0431. The number of cyclic esters (lactones) is 1. The van der Waals surface area contributed by atoms with E-state index < -0.39 is 0 Å². The number of esters is 1. The van der Waals surface area contributed by atoms with E-state index >= 15 is 0 Å². The lowest BCUT2D eigenvalue weighted by atomic mass is 9.94. The SMILES string of the molecule is COCCC1CN(Cc2ccc3c4c(cccc24)C(=O)OC3)CCO1. The summed E-state index contributed by atoms with van der Waals surface area (Å²) >= 11 is 0. The van der Waals surface area contributed by atoms with Crippen LogP contribution in [0.2, 0.25) is 0 Å². The van der Waals surface area contributed by atoms with Gasteiger partial charge in [-0.25, -0.2) is 4.79 Å². The Kier molecular flexibility index (Phi) is 4.70. The third kappa shape index (κ3) is 3.27. The highest BCUT2D eigenvalue weighted by Crippen LogP contribution is 2.31. The number of carbonyl (C=O) groups is 1. The largest absolute Gasteiger partial charge is 0.457 e. The zero-order valence-corrected chi connectivity index (χ0v) is 14.5. The number of hydrogen-bond acceptors (Lipinski definition) is 5. The lowest BCUT2D eigenvalue weighted by Gasteiger charge is -2.33. The monoisotopic (exact) mass is 341 g/mol. The van der Waals surface area contributed by atoms with Crippen molar-refractivity contribution < 1.29 is 19.0 Å². The summed E-state index contributed by atoms with van der Waals surface area (Å²) in [4.78, 5) is 14.5. The molecule has 0 N–H and O–H groups in total. The molecule has 0 radical (unpaired) electrons. The van der Waals surface area contributed by atoms with Crippen LogP contribution < -0.4 is 0 Å². The number of morpholine rings is 1. The minimum absolute atomic E-state index is 0.221. The summed E-state index contributed by atoms with van der Waals surface area (Å²) in [5, 5.41) is 2.21. The van der Waals surface area contributed by atoms with Crippen molar-refractivity contribution in [3.05, 3.63) is 47.0 Å². The number of ether oxygens (including phenoxy) is 3. The van der Waals surface area contributed by atoms with Crippen LogP contribution in [-0.4, -0.2) is 50.4 Å². The zero-order chi connectivity index (χ0) is 17.2. The summed E-state index contributed by atoms with van der Waals surface area (Å²) in [5.74, 6) is -0.221. The minimum Gasteiger partial charge on any atom is -0.457 e. The molecule has 132 valence electrons. The van der Waals surface area contributed by atoms with E-state index in [1.807, 2.05) is 12.1 Å². The van der Waals surface area contributed by atoms with Crippen LogP contribution in [0.5, 0.6) is 0 Å². The molecule has 2 heterocycles. The number of carbonyl (C=O) groups excluding carboxylic acids is 1. The molecule has 0 amide bonds. The van der Waals surface area contributed by atoms with Crippen LogP contribution >= 0.6 is 0 Å². The van der Waals surface area contributed by atoms with Gasteiger partial charge in [0.05, 0.1) is 18.3 Å². The second kappa shape index (κ2) is 7.12. The zero-order valence-electron chi connectivity index (χ0n) is 14.5. The highest BCUT2D eigenvalue weighted by Gasteiger charge is 2.24. The van der Waals surface area contributed by atoms with E-state index in [2.05, 4.69) is 23.1 Å². The summed E-state index contributed by atoms with van der Waals surface area (Å²) in [6, 6.07) is 10.2. The fourth-order valence-electron chi connectivity index (χ4n) is 3.78. The molecule has 2 aromatic rings. The van der Waals surface area contributed by atoms with E-state index in [-0.39, 0.29) is 12.1 Å². The predicted molar refractivity (Wildman–Crippen MR) is 94.6 cm³/mol. The first-order valence-electron chi connectivity index (χ1n) is 8.80. The molecule has 25 heavy (non-hydrogen) atoms. The Morgan fingerprint density at radius 1 is 1.28 bits per heavy atom. The fraction of sp³-hybridized carbons (Fsp3) is 0.450. The Balaban J connectivity index is 1.59. The summed E-state index contributed by atoms with van der Waals surface area (Å²) in [6.07, 6.45) is 1.14. The molecular formula is C20H23NO4. The van der Waals surface area contributed by atoms with Crippen molar-refractivity contribution in [2.45, 2.75) is 25.7 Å². The molecular weight excluding hydrogens is 318 g/mol. The summed E-state index contributed by atoms with van der Waals surface area (Å²) in [6.45, 7) is 4.54. The van der Waals surface area contributed by atoms with Crippen molar-refractivity contribution in [3.63, 3.8) is 0 Å². The second-order valence-electron chi connectivity index (χ2n) is 6.70. The number of nitrogens with zero attached hydrogens (tertiary/aromatic N) is 1. The molecule has 5 heteroatoms. The highest BCUT2D eigenvalue weighted by atomic mass is 16.5. The number of rotatable bonds is 5. The molecule has 0 aromatic heterocycles. The molecule has 0 saturated carbocycles. The molecule has 1 saturated heterocycles. The summed E-state index contributed by atoms with van der Waals surface area (Å²) in [7, 11) is 1.72. The topological polar surface area (TPSA) is 48.0 Å². The van der Waals surface area contributed by atoms with Gasteiger partial charge in [0.2, 0.25) is 0 Å². The maximum absolute atomic E-state index is 12.1. The first kappa shape index (κ1) is 16.5. The Hall–Kier alpha value is -1.95. The Bertz CT molecular complexity index is 789. The van der Waals surface area contributed by atoms with Crippen molar-refractivity contribution in [1.82, 2.24) is 4.90 Å². The number of benzene rings is 2. The van der Waals surface area contributed by atoms with Crippen LogP contribution in [0.15, 0.2) is 30.3 Å². The molecule has 1 unspecified atom stereocenters. The van der Waals surface area contributed by atoms with Crippen molar-refractivity contribution in [3.8, 4) is 0 Å². The van der Waals surface area contributed by atoms with Gasteiger partial charge in [-0.2, -0.15) is 0 Å². The van der Waals surface area contributed by atoms with Gasteiger partial charge in [-0.3, -0.25) is 4.90 Å². The third-order valence-electron chi connectivity index (χ3n) is 5.06. The lowest BCUT2D eigenvalue weighted by Crippen LogP contribution is -2.42. The Morgan fingerprint density at radius 2 is 2.20 bits per heavy atom. The van der Waals surface area contributed by atoms with Gasteiger partial charge in [0.1, 0.15) is 6.61 Å². The quantitative estimate of drug-likeness (QED) is 0.783. The third-order valence-corrected chi connectivity index (χ3v) is 5.06. The van der Waals surface area contributed by atoms with Crippen LogP contribution in [0.25, 0.3) is 10.8 Å². The Labute approximate surface area is 147 Å². The van der Waals surface area contributed by atoms with E-state index in [1.54, 1.807) is 7.11 Å². The maximum atomic E-state index is 12.1. The van der Waals surface area contributed by atoms with Crippen LogP contribution in [0.3, 0.4) is 0 Å². The van der Waals surface area contributed by atoms with Gasteiger partial charge in [0, 0.05) is 38.7 Å². The smallest absolute Gasteiger partial charge is 0.339 e. The van der Waals surface area contributed by atoms with Gasteiger partial charge < -0.3 is 14.2 Å². The van der Waals surface area contributed by atoms with E-state index in [1.165, 1.54) is 5.56 Å². The van der Waals surface area contributed by atoms with Crippen molar-refractivity contribution in [2.24, 2.45) is 0 Å². The first-order valence-corrected chi connectivity index (χ1v) is 8.80. The van der Waals surface area contributed by atoms with Gasteiger partial charge in [0.25, 0.3) is 0 Å². The molecule has 0 bridgehead atoms. The predicted octanol–water partition coefficient (Wildman–Crippen LogP) is 2.75. The molecule has 2 aliphatic heterocycles. The van der Waals surface area contributed by atoms with Crippen LogP contribution in [0.4, 0.5) is 0 Å². The van der Waals surface area contributed by atoms with Gasteiger partial charge >= 0.3 is 5.97 Å². The van der Waals surface area contributed by atoms with E-state index in [0.29, 0.717) is 12.2 Å². The van der Waals surface area contributed by atoms with Crippen LogP contribution in [0, 0.1) is 0 Å². The standard InChI is InChI=1S/C20H23NO4/c1-23-9-7-16-12-21(8-10-24-16)11-14-5-6-15-13-25-20(22)18-4-2-3-17(14)19(15)18/h2-6,16H,7-13H2,1H3. The van der Waals surface area contributed by atoms with Gasteiger partial charge in [-0.1, -0.05) is 24.3 Å². The molecule has 5 nitrogen and oxygen atoms in total. The molecule has 2 aliphatic rings. The van der Waals surface area contributed by atoms with Crippen molar-refractivity contribution in [2.75, 3.05) is 33.4 Å². The fourth-order valence-corrected chi connectivity index (χ4v) is 3.78.